The molecular weight excluding hydrogens is 256 g/mol. The van der Waals surface area contributed by atoms with Crippen molar-refractivity contribution in [2.75, 3.05) is 13.1 Å². The molecule has 0 fully saturated rings. The van der Waals surface area contributed by atoms with Gasteiger partial charge in [-0.05, 0) is 26.7 Å². The first kappa shape index (κ1) is 18.5. The van der Waals surface area contributed by atoms with Crippen molar-refractivity contribution in [3.63, 3.8) is 0 Å². The first-order chi connectivity index (χ1) is 9.30. The zero-order valence-corrected chi connectivity index (χ0v) is 12.9. The van der Waals surface area contributed by atoms with Crippen molar-refractivity contribution in [2.45, 2.75) is 58.5 Å². The molecule has 20 heavy (non-hydrogen) atoms. The molecule has 1 amide bonds. The van der Waals surface area contributed by atoms with Crippen molar-refractivity contribution in [1.29, 1.82) is 0 Å². The second-order valence-corrected chi connectivity index (χ2v) is 5.19. The van der Waals surface area contributed by atoms with Crippen molar-refractivity contribution in [2.24, 2.45) is 0 Å². The fraction of sp³-hybridized carbons (Fsp3) is 0.733. The fourth-order valence-corrected chi connectivity index (χ4v) is 1.92. The van der Waals surface area contributed by atoms with E-state index in [9.17, 15) is 9.59 Å². The van der Waals surface area contributed by atoms with Gasteiger partial charge in [0.05, 0.1) is 13.0 Å². The Bertz CT molecular complexity index is 368. The molecule has 0 saturated heterocycles. The van der Waals surface area contributed by atoms with E-state index in [0.29, 0.717) is 19.4 Å². The molecule has 0 atom stereocenters. The SMILES string of the molecule is C#CC(CC)(CC)NC(=O)CN(CCC(=O)O)C(C)C. The monoisotopic (exact) mass is 282 g/mol. The summed E-state index contributed by atoms with van der Waals surface area (Å²) in [5.74, 6) is 1.63. The van der Waals surface area contributed by atoms with E-state index in [1.807, 2.05) is 32.6 Å². The summed E-state index contributed by atoms with van der Waals surface area (Å²) in [5.41, 5.74) is -0.605. The Morgan fingerprint density at radius 1 is 1.35 bits per heavy atom. The second-order valence-electron chi connectivity index (χ2n) is 5.19. The number of carbonyl (C=O) groups is 2. The topological polar surface area (TPSA) is 69.6 Å². The van der Waals surface area contributed by atoms with Crippen LogP contribution in [0.25, 0.3) is 0 Å². The summed E-state index contributed by atoms with van der Waals surface area (Å²) in [6, 6.07) is 0.101. The van der Waals surface area contributed by atoms with Crippen molar-refractivity contribution in [1.82, 2.24) is 10.2 Å². The number of hydrogen-bond acceptors (Lipinski definition) is 3. The third-order valence-electron chi connectivity index (χ3n) is 3.55. The van der Waals surface area contributed by atoms with Crippen molar-refractivity contribution >= 4 is 11.9 Å². The predicted octanol–water partition coefficient (Wildman–Crippen LogP) is 1.48. The summed E-state index contributed by atoms with van der Waals surface area (Å²) in [7, 11) is 0. The molecule has 114 valence electrons. The minimum Gasteiger partial charge on any atom is -0.481 e. The minimum absolute atomic E-state index is 0.0211. The highest BCUT2D eigenvalue weighted by Gasteiger charge is 2.26. The van der Waals surface area contributed by atoms with Crippen LogP contribution in [-0.2, 0) is 9.59 Å². The lowest BCUT2D eigenvalue weighted by Gasteiger charge is -2.30. The number of nitrogens with one attached hydrogen (secondary N) is 1. The highest BCUT2D eigenvalue weighted by molar-refractivity contribution is 5.79. The number of carboxylic acid groups (broad SMARTS) is 1. The fourth-order valence-electron chi connectivity index (χ4n) is 1.92. The van der Waals surface area contributed by atoms with Gasteiger partial charge in [0, 0.05) is 12.6 Å². The van der Waals surface area contributed by atoms with Crippen LogP contribution in [0.4, 0.5) is 0 Å². The summed E-state index contributed by atoms with van der Waals surface area (Å²) < 4.78 is 0. The molecule has 0 aliphatic rings. The van der Waals surface area contributed by atoms with Gasteiger partial charge in [-0.25, -0.2) is 0 Å². The van der Waals surface area contributed by atoms with Gasteiger partial charge in [-0.1, -0.05) is 19.8 Å². The maximum absolute atomic E-state index is 12.1. The molecule has 0 heterocycles. The molecule has 0 aliphatic heterocycles. The number of rotatable bonds is 9. The van der Waals surface area contributed by atoms with Gasteiger partial charge in [-0.2, -0.15) is 0 Å². The Labute approximate surface area is 121 Å². The van der Waals surface area contributed by atoms with Gasteiger partial charge in [0.15, 0.2) is 0 Å². The van der Waals surface area contributed by atoms with Crippen LogP contribution >= 0.6 is 0 Å². The maximum atomic E-state index is 12.1. The molecule has 0 saturated carbocycles. The number of aliphatic carboxylic acids is 1. The molecule has 0 aromatic rings. The Balaban J connectivity index is 4.61. The number of terminal acetylenes is 1. The first-order valence-electron chi connectivity index (χ1n) is 7.04. The Morgan fingerprint density at radius 2 is 1.90 bits per heavy atom. The van der Waals surface area contributed by atoms with Crippen LogP contribution in [0.2, 0.25) is 0 Å². The molecule has 5 nitrogen and oxygen atoms in total. The van der Waals surface area contributed by atoms with E-state index in [2.05, 4.69) is 11.2 Å². The van der Waals surface area contributed by atoms with Crippen LogP contribution in [0.5, 0.6) is 0 Å². The zero-order valence-electron chi connectivity index (χ0n) is 12.9. The highest BCUT2D eigenvalue weighted by atomic mass is 16.4. The average Bonchev–Trinajstić information content (AvgIpc) is 2.40. The smallest absolute Gasteiger partial charge is 0.304 e. The van der Waals surface area contributed by atoms with Crippen LogP contribution < -0.4 is 5.32 Å². The molecule has 5 heteroatoms. The van der Waals surface area contributed by atoms with Crippen LogP contribution in [0, 0.1) is 12.3 Å². The summed E-state index contributed by atoms with van der Waals surface area (Å²) in [6.07, 6.45) is 6.87. The molecule has 0 aliphatic carbocycles. The number of carboxylic acids is 1. The minimum atomic E-state index is -0.865. The lowest BCUT2D eigenvalue weighted by molar-refractivity contribution is -0.138. The van der Waals surface area contributed by atoms with E-state index in [1.165, 1.54) is 0 Å². The quantitative estimate of drug-likeness (QED) is 0.629. The zero-order chi connectivity index (χ0) is 15.8. The molecule has 0 aromatic heterocycles. The third kappa shape index (κ3) is 6.07. The summed E-state index contributed by atoms with van der Waals surface area (Å²) in [4.78, 5) is 24.6. The average molecular weight is 282 g/mol. The van der Waals surface area contributed by atoms with Crippen LogP contribution in [-0.4, -0.2) is 46.6 Å². The number of hydrogen-bond donors (Lipinski definition) is 2. The Kier molecular flexibility index (Phi) is 7.93. The van der Waals surface area contributed by atoms with Crippen LogP contribution in [0.15, 0.2) is 0 Å². The van der Waals surface area contributed by atoms with Crippen molar-refractivity contribution in [3.8, 4) is 12.3 Å². The van der Waals surface area contributed by atoms with Gasteiger partial charge in [-0.3, -0.25) is 14.5 Å². The third-order valence-corrected chi connectivity index (χ3v) is 3.55. The lowest BCUT2D eigenvalue weighted by atomic mass is 9.94. The predicted molar refractivity (Wildman–Crippen MR) is 79.3 cm³/mol. The molecular formula is C15H26N2O3. The molecule has 0 bridgehead atoms. The Hall–Kier alpha value is -1.54. The van der Waals surface area contributed by atoms with Gasteiger partial charge in [0.1, 0.15) is 5.54 Å². The summed E-state index contributed by atoms with van der Waals surface area (Å²) in [5, 5.41) is 11.6. The normalized spacial score (nSPS) is 11.4. The first-order valence-corrected chi connectivity index (χ1v) is 7.04. The molecule has 0 unspecified atom stereocenters. The maximum Gasteiger partial charge on any atom is 0.304 e. The van der Waals surface area contributed by atoms with Gasteiger partial charge >= 0.3 is 5.97 Å². The Morgan fingerprint density at radius 3 is 2.25 bits per heavy atom. The van der Waals surface area contributed by atoms with Crippen molar-refractivity contribution < 1.29 is 14.7 Å². The van der Waals surface area contributed by atoms with E-state index in [4.69, 9.17) is 11.5 Å². The van der Waals surface area contributed by atoms with Crippen LogP contribution in [0.3, 0.4) is 0 Å². The van der Waals surface area contributed by atoms with E-state index < -0.39 is 11.5 Å². The summed E-state index contributed by atoms with van der Waals surface area (Å²) in [6.45, 7) is 8.26. The standard InChI is InChI=1S/C15H26N2O3/c1-6-15(7-2,8-3)16-13(18)11-17(12(4)5)10-9-14(19)20/h1,12H,7-11H2,2-5H3,(H,16,18)(H,19,20). The second kappa shape index (κ2) is 8.60. The summed E-state index contributed by atoms with van der Waals surface area (Å²) >= 11 is 0. The number of nitrogens with zero attached hydrogens (tertiary/aromatic N) is 1. The van der Waals surface area contributed by atoms with Gasteiger partial charge < -0.3 is 10.4 Å². The molecule has 2 N–H and O–H groups in total. The van der Waals surface area contributed by atoms with Gasteiger partial charge in [0.25, 0.3) is 0 Å². The molecule has 0 spiro atoms. The van der Waals surface area contributed by atoms with E-state index in [-0.39, 0.29) is 24.9 Å². The number of carbonyl (C=O) groups excluding carboxylic acids is 1. The van der Waals surface area contributed by atoms with E-state index in [1.54, 1.807) is 0 Å². The molecule has 0 aromatic carbocycles. The van der Waals surface area contributed by atoms with E-state index >= 15 is 0 Å². The van der Waals surface area contributed by atoms with Crippen LogP contribution in [0.1, 0.15) is 47.0 Å². The lowest BCUT2D eigenvalue weighted by Crippen LogP contribution is -2.51. The molecule has 0 rings (SSSR count). The largest absolute Gasteiger partial charge is 0.481 e. The molecule has 0 radical (unpaired) electrons. The van der Waals surface area contributed by atoms with Gasteiger partial charge in [-0.15, -0.1) is 6.42 Å². The highest BCUT2D eigenvalue weighted by Crippen LogP contribution is 2.13. The van der Waals surface area contributed by atoms with Crippen molar-refractivity contribution in [3.05, 3.63) is 0 Å². The van der Waals surface area contributed by atoms with E-state index in [0.717, 1.165) is 0 Å². The number of amides is 1. The van der Waals surface area contributed by atoms with Gasteiger partial charge in [0.2, 0.25) is 5.91 Å².